The predicted molar refractivity (Wildman–Crippen MR) is 70.8 cm³/mol. The molecule has 18 heavy (non-hydrogen) atoms. The van der Waals surface area contributed by atoms with Crippen LogP contribution in [-0.2, 0) is 6.54 Å². The van der Waals surface area contributed by atoms with Gasteiger partial charge in [-0.3, -0.25) is 0 Å². The van der Waals surface area contributed by atoms with Crippen LogP contribution in [-0.4, -0.2) is 20.0 Å². The van der Waals surface area contributed by atoms with Crippen molar-refractivity contribution in [2.75, 3.05) is 5.32 Å². The number of nitrogens with zero attached hydrogens (tertiary/aromatic N) is 4. The fraction of sp³-hybridized carbons (Fsp3) is 0.0833. The van der Waals surface area contributed by atoms with Gasteiger partial charge in [0.2, 0.25) is 0 Å². The van der Waals surface area contributed by atoms with Crippen molar-refractivity contribution in [1.82, 2.24) is 20.0 Å². The molecule has 1 aromatic carbocycles. The molecule has 5 nitrogen and oxygen atoms in total. The quantitative estimate of drug-likeness (QED) is 0.779. The Morgan fingerprint density at radius 2 is 2.11 bits per heavy atom. The Labute approximate surface area is 108 Å². The van der Waals surface area contributed by atoms with Gasteiger partial charge in [0.25, 0.3) is 0 Å². The SMILES string of the molecule is c1ccc(-n2cc(CNc3nccs3)nn2)cc1. The predicted octanol–water partition coefficient (Wildman–Crippen LogP) is 2.34. The molecule has 0 saturated heterocycles. The summed E-state index contributed by atoms with van der Waals surface area (Å²) in [5, 5.41) is 14.2. The highest BCUT2D eigenvalue weighted by Gasteiger charge is 2.02. The summed E-state index contributed by atoms with van der Waals surface area (Å²) < 4.78 is 1.76. The summed E-state index contributed by atoms with van der Waals surface area (Å²) in [7, 11) is 0. The molecule has 2 aromatic heterocycles. The van der Waals surface area contributed by atoms with E-state index >= 15 is 0 Å². The molecule has 0 aliphatic rings. The summed E-state index contributed by atoms with van der Waals surface area (Å²) in [6.07, 6.45) is 3.68. The van der Waals surface area contributed by atoms with Crippen molar-refractivity contribution in [3.05, 3.63) is 53.8 Å². The average Bonchev–Trinajstić information content (AvgIpc) is 3.09. The van der Waals surface area contributed by atoms with Crippen LogP contribution in [0.2, 0.25) is 0 Å². The van der Waals surface area contributed by atoms with E-state index in [2.05, 4.69) is 20.6 Å². The second-order valence-electron chi connectivity index (χ2n) is 3.68. The molecule has 0 atom stereocenters. The van der Waals surface area contributed by atoms with Gasteiger partial charge in [0.15, 0.2) is 5.13 Å². The number of nitrogens with one attached hydrogen (secondary N) is 1. The molecule has 3 aromatic rings. The van der Waals surface area contributed by atoms with Crippen LogP contribution in [0.1, 0.15) is 5.69 Å². The minimum Gasteiger partial charge on any atom is -0.356 e. The molecule has 0 aliphatic heterocycles. The van der Waals surface area contributed by atoms with Crippen molar-refractivity contribution >= 4 is 16.5 Å². The standard InChI is InChI=1S/C12H11N5S/c1-2-4-11(5-3-1)17-9-10(15-16-17)8-14-12-13-6-7-18-12/h1-7,9H,8H2,(H,13,14). The van der Waals surface area contributed by atoms with Crippen molar-refractivity contribution in [3.8, 4) is 5.69 Å². The van der Waals surface area contributed by atoms with Crippen LogP contribution in [0.15, 0.2) is 48.1 Å². The fourth-order valence-electron chi connectivity index (χ4n) is 1.56. The Balaban J connectivity index is 1.70. The molecule has 3 rings (SSSR count). The average molecular weight is 257 g/mol. The van der Waals surface area contributed by atoms with E-state index in [1.165, 1.54) is 0 Å². The summed E-state index contributed by atoms with van der Waals surface area (Å²) >= 11 is 1.57. The normalized spacial score (nSPS) is 10.4. The maximum absolute atomic E-state index is 4.15. The summed E-state index contributed by atoms with van der Waals surface area (Å²) in [5.41, 5.74) is 1.89. The summed E-state index contributed by atoms with van der Waals surface area (Å²) in [5.74, 6) is 0. The van der Waals surface area contributed by atoms with Crippen LogP contribution in [0.4, 0.5) is 5.13 Å². The van der Waals surface area contributed by atoms with E-state index in [1.807, 2.05) is 41.9 Å². The van der Waals surface area contributed by atoms with E-state index in [9.17, 15) is 0 Å². The first kappa shape index (κ1) is 10.9. The van der Waals surface area contributed by atoms with Gasteiger partial charge < -0.3 is 5.32 Å². The summed E-state index contributed by atoms with van der Waals surface area (Å²) in [4.78, 5) is 4.15. The van der Waals surface area contributed by atoms with E-state index in [0.717, 1.165) is 16.5 Å². The number of thiazole rings is 1. The number of hydrogen-bond donors (Lipinski definition) is 1. The van der Waals surface area contributed by atoms with Crippen LogP contribution < -0.4 is 5.32 Å². The van der Waals surface area contributed by atoms with Gasteiger partial charge in [-0.05, 0) is 12.1 Å². The monoisotopic (exact) mass is 257 g/mol. The third-order valence-electron chi connectivity index (χ3n) is 2.41. The van der Waals surface area contributed by atoms with Gasteiger partial charge in [-0.15, -0.1) is 16.4 Å². The van der Waals surface area contributed by atoms with Crippen LogP contribution in [0.25, 0.3) is 5.69 Å². The highest BCUT2D eigenvalue weighted by Crippen LogP contribution is 2.12. The molecular weight excluding hydrogens is 246 g/mol. The first-order valence-electron chi connectivity index (χ1n) is 5.52. The third kappa shape index (κ3) is 2.38. The molecule has 0 amide bonds. The molecule has 2 heterocycles. The zero-order chi connectivity index (χ0) is 12.2. The van der Waals surface area contributed by atoms with Gasteiger partial charge in [0.05, 0.1) is 18.4 Å². The van der Waals surface area contributed by atoms with E-state index in [-0.39, 0.29) is 0 Å². The Kier molecular flexibility index (Phi) is 3.01. The molecule has 0 saturated carbocycles. The largest absolute Gasteiger partial charge is 0.356 e. The smallest absolute Gasteiger partial charge is 0.182 e. The van der Waals surface area contributed by atoms with Crippen LogP contribution in [0.5, 0.6) is 0 Å². The van der Waals surface area contributed by atoms with Crippen molar-refractivity contribution in [2.24, 2.45) is 0 Å². The van der Waals surface area contributed by atoms with E-state index in [4.69, 9.17) is 0 Å². The van der Waals surface area contributed by atoms with Gasteiger partial charge in [0.1, 0.15) is 5.69 Å². The second-order valence-corrected chi connectivity index (χ2v) is 4.58. The molecule has 0 bridgehead atoms. The minimum atomic E-state index is 0.625. The van der Waals surface area contributed by atoms with Crippen LogP contribution >= 0.6 is 11.3 Å². The lowest BCUT2D eigenvalue weighted by atomic mass is 10.3. The summed E-state index contributed by atoms with van der Waals surface area (Å²) in [6.45, 7) is 0.625. The number of aromatic nitrogens is 4. The first-order valence-corrected chi connectivity index (χ1v) is 6.40. The highest BCUT2D eigenvalue weighted by molar-refractivity contribution is 7.13. The molecule has 90 valence electrons. The van der Waals surface area contributed by atoms with Gasteiger partial charge in [-0.2, -0.15) is 0 Å². The van der Waals surface area contributed by atoms with Gasteiger partial charge in [0, 0.05) is 11.6 Å². The Morgan fingerprint density at radius 3 is 2.89 bits per heavy atom. The Bertz CT molecular complexity index is 602. The number of benzene rings is 1. The van der Waals surface area contributed by atoms with Gasteiger partial charge >= 0.3 is 0 Å². The first-order chi connectivity index (χ1) is 8.92. The molecule has 0 unspecified atom stereocenters. The molecule has 6 heteroatoms. The maximum Gasteiger partial charge on any atom is 0.182 e. The number of para-hydroxylation sites is 1. The molecular formula is C12H11N5S. The lowest BCUT2D eigenvalue weighted by molar-refractivity contribution is 0.798. The zero-order valence-electron chi connectivity index (χ0n) is 9.52. The molecule has 1 N–H and O–H groups in total. The second kappa shape index (κ2) is 4.97. The van der Waals surface area contributed by atoms with E-state index in [0.29, 0.717) is 6.54 Å². The highest BCUT2D eigenvalue weighted by atomic mass is 32.1. The topological polar surface area (TPSA) is 55.6 Å². The Hall–Kier alpha value is -2.21. The van der Waals surface area contributed by atoms with Crippen LogP contribution in [0.3, 0.4) is 0 Å². The number of hydrogen-bond acceptors (Lipinski definition) is 5. The Morgan fingerprint density at radius 1 is 1.22 bits per heavy atom. The maximum atomic E-state index is 4.15. The van der Waals surface area contributed by atoms with Crippen LogP contribution in [0, 0.1) is 0 Å². The van der Waals surface area contributed by atoms with E-state index in [1.54, 1.807) is 22.2 Å². The van der Waals surface area contributed by atoms with Crippen molar-refractivity contribution in [1.29, 1.82) is 0 Å². The number of rotatable bonds is 4. The molecule has 0 aliphatic carbocycles. The van der Waals surface area contributed by atoms with Crippen molar-refractivity contribution < 1.29 is 0 Å². The minimum absolute atomic E-state index is 0.625. The fourth-order valence-corrected chi connectivity index (χ4v) is 2.09. The zero-order valence-corrected chi connectivity index (χ0v) is 10.3. The van der Waals surface area contributed by atoms with E-state index < -0.39 is 0 Å². The van der Waals surface area contributed by atoms with Crippen molar-refractivity contribution in [3.63, 3.8) is 0 Å². The molecule has 0 radical (unpaired) electrons. The molecule has 0 spiro atoms. The number of anilines is 1. The van der Waals surface area contributed by atoms with Crippen molar-refractivity contribution in [2.45, 2.75) is 6.54 Å². The lowest BCUT2D eigenvalue weighted by Crippen LogP contribution is -1.98. The molecule has 0 fully saturated rings. The summed E-state index contributed by atoms with van der Waals surface area (Å²) in [6, 6.07) is 9.92. The van der Waals surface area contributed by atoms with Gasteiger partial charge in [-0.1, -0.05) is 23.4 Å². The lowest BCUT2D eigenvalue weighted by Gasteiger charge is -1.98. The van der Waals surface area contributed by atoms with Gasteiger partial charge in [-0.25, -0.2) is 9.67 Å². The third-order valence-corrected chi connectivity index (χ3v) is 3.15.